The summed E-state index contributed by atoms with van der Waals surface area (Å²) < 4.78 is 0. The van der Waals surface area contributed by atoms with E-state index in [9.17, 15) is 5.11 Å². The van der Waals surface area contributed by atoms with Crippen molar-refractivity contribution in [2.45, 2.75) is 32.4 Å². The van der Waals surface area contributed by atoms with Gasteiger partial charge in [-0.3, -0.25) is 0 Å². The second-order valence-corrected chi connectivity index (χ2v) is 5.02. The van der Waals surface area contributed by atoms with Gasteiger partial charge in [0.1, 0.15) is 5.82 Å². The number of hydrogen-bond acceptors (Lipinski definition) is 4. The van der Waals surface area contributed by atoms with Crippen LogP contribution >= 0.6 is 0 Å². The van der Waals surface area contributed by atoms with Gasteiger partial charge in [0.05, 0.1) is 6.10 Å². The van der Waals surface area contributed by atoms with Gasteiger partial charge in [-0.2, -0.15) is 0 Å². The molecule has 4 nitrogen and oxygen atoms in total. The molecule has 1 aliphatic heterocycles. The lowest BCUT2D eigenvalue weighted by molar-refractivity contribution is 0.0969. The highest BCUT2D eigenvalue weighted by molar-refractivity contribution is 5.42. The summed E-state index contributed by atoms with van der Waals surface area (Å²) in [5, 5.41) is 9.72. The van der Waals surface area contributed by atoms with E-state index in [1.807, 2.05) is 19.2 Å². The molecular formula is C13H21N3O. The van der Waals surface area contributed by atoms with Crippen molar-refractivity contribution in [3.63, 3.8) is 0 Å². The Morgan fingerprint density at radius 3 is 3.00 bits per heavy atom. The van der Waals surface area contributed by atoms with Crippen LogP contribution in [-0.2, 0) is 0 Å². The molecule has 1 aromatic rings. The molecule has 1 fully saturated rings. The lowest BCUT2D eigenvalue weighted by Crippen LogP contribution is -2.42. The van der Waals surface area contributed by atoms with Crippen molar-refractivity contribution in [3.05, 3.63) is 23.9 Å². The number of nitrogens with zero attached hydrogens (tertiary/aromatic N) is 2. The molecule has 2 unspecified atom stereocenters. The van der Waals surface area contributed by atoms with Crippen LogP contribution < -0.4 is 10.6 Å². The van der Waals surface area contributed by atoms with Crippen LogP contribution in [0.4, 0.5) is 5.82 Å². The lowest BCUT2D eigenvalue weighted by atomic mass is 9.96. The largest absolute Gasteiger partial charge is 0.393 e. The van der Waals surface area contributed by atoms with Crippen LogP contribution in [0.3, 0.4) is 0 Å². The topological polar surface area (TPSA) is 62.4 Å². The Balaban J connectivity index is 2.14. The summed E-state index contributed by atoms with van der Waals surface area (Å²) in [5.41, 5.74) is 6.98. The van der Waals surface area contributed by atoms with Crippen molar-refractivity contribution in [2.24, 2.45) is 11.7 Å². The molecule has 0 bridgehead atoms. The Labute approximate surface area is 102 Å². The molecule has 4 heteroatoms. The summed E-state index contributed by atoms with van der Waals surface area (Å²) in [6.07, 6.45) is 2.44. The first kappa shape index (κ1) is 12.3. The second kappa shape index (κ2) is 5.02. The first-order valence-electron chi connectivity index (χ1n) is 6.22. The molecule has 17 heavy (non-hydrogen) atoms. The third-order valence-corrected chi connectivity index (χ3v) is 3.48. The normalized spacial score (nSPS) is 26.9. The molecule has 0 radical (unpaired) electrons. The van der Waals surface area contributed by atoms with Gasteiger partial charge in [-0.1, -0.05) is 6.92 Å². The van der Waals surface area contributed by atoms with Crippen LogP contribution in [0.2, 0.25) is 0 Å². The van der Waals surface area contributed by atoms with Gasteiger partial charge in [0.15, 0.2) is 0 Å². The highest BCUT2D eigenvalue weighted by Crippen LogP contribution is 2.23. The number of nitrogens with two attached hydrogens (primary N) is 1. The van der Waals surface area contributed by atoms with E-state index in [0.717, 1.165) is 30.9 Å². The molecule has 1 saturated heterocycles. The molecular weight excluding hydrogens is 214 g/mol. The fourth-order valence-electron chi connectivity index (χ4n) is 2.23. The predicted molar refractivity (Wildman–Crippen MR) is 68.8 cm³/mol. The summed E-state index contributed by atoms with van der Waals surface area (Å²) in [6.45, 7) is 5.77. The van der Waals surface area contributed by atoms with Crippen LogP contribution in [-0.4, -0.2) is 29.3 Å². The molecule has 3 N–H and O–H groups in total. The van der Waals surface area contributed by atoms with Gasteiger partial charge in [0, 0.05) is 25.3 Å². The summed E-state index contributed by atoms with van der Waals surface area (Å²) in [4.78, 5) is 6.62. The molecule has 1 aliphatic rings. The van der Waals surface area contributed by atoms with Gasteiger partial charge in [0.25, 0.3) is 0 Å². The van der Waals surface area contributed by atoms with E-state index in [0.29, 0.717) is 5.92 Å². The van der Waals surface area contributed by atoms with Crippen molar-refractivity contribution >= 4 is 5.82 Å². The number of anilines is 1. The number of piperidine rings is 1. The zero-order valence-electron chi connectivity index (χ0n) is 10.5. The second-order valence-electron chi connectivity index (χ2n) is 5.02. The fraction of sp³-hybridized carbons (Fsp3) is 0.615. The Morgan fingerprint density at radius 1 is 1.59 bits per heavy atom. The number of rotatable bonds is 2. The standard InChI is InChI=1S/C13H21N3O/c1-9-8-16(6-4-12(9)17)13-7-11(10(2)14)3-5-15-13/h3,5,7,9-10,12,17H,4,6,8,14H2,1-2H3/t9?,10-,12?/m0/s1. The Hall–Kier alpha value is -1.13. The maximum absolute atomic E-state index is 9.72. The minimum atomic E-state index is -0.178. The Bertz CT molecular complexity index is 381. The van der Waals surface area contributed by atoms with Gasteiger partial charge < -0.3 is 15.7 Å². The monoisotopic (exact) mass is 235 g/mol. The summed E-state index contributed by atoms with van der Waals surface area (Å²) >= 11 is 0. The van der Waals surface area contributed by atoms with Crippen LogP contribution in [0.1, 0.15) is 31.9 Å². The summed E-state index contributed by atoms with van der Waals surface area (Å²) in [5.74, 6) is 1.27. The molecule has 0 aliphatic carbocycles. The number of aliphatic hydroxyl groups excluding tert-OH is 1. The lowest BCUT2D eigenvalue weighted by Gasteiger charge is -2.35. The minimum Gasteiger partial charge on any atom is -0.393 e. The predicted octanol–water partition coefficient (Wildman–Crippen LogP) is 1.31. The quantitative estimate of drug-likeness (QED) is 0.811. The van der Waals surface area contributed by atoms with Crippen molar-refractivity contribution in [1.29, 1.82) is 0 Å². The van der Waals surface area contributed by atoms with E-state index in [1.54, 1.807) is 0 Å². The smallest absolute Gasteiger partial charge is 0.128 e. The number of pyridine rings is 1. The van der Waals surface area contributed by atoms with Gasteiger partial charge in [0.2, 0.25) is 0 Å². The molecule has 0 spiro atoms. The van der Waals surface area contributed by atoms with E-state index in [4.69, 9.17) is 5.73 Å². The summed E-state index contributed by atoms with van der Waals surface area (Å²) in [6, 6.07) is 4.04. The van der Waals surface area contributed by atoms with E-state index < -0.39 is 0 Å². The van der Waals surface area contributed by atoms with E-state index >= 15 is 0 Å². The molecule has 3 atom stereocenters. The third kappa shape index (κ3) is 2.76. The fourth-order valence-corrected chi connectivity index (χ4v) is 2.23. The minimum absolute atomic E-state index is 0.0320. The molecule has 0 aromatic carbocycles. The zero-order chi connectivity index (χ0) is 12.4. The Kier molecular flexibility index (Phi) is 3.64. The molecule has 1 aromatic heterocycles. The molecule has 0 amide bonds. The van der Waals surface area contributed by atoms with Gasteiger partial charge in [-0.25, -0.2) is 4.98 Å². The zero-order valence-corrected chi connectivity index (χ0v) is 10.5. The molecule has 2 rings (SSSR count). The Morgan fingerprint density at radius 2 is 2.35 bits per heavy atom. The number of aromatic nitrogens is 1. The van der Waals surface area contributed by atoms with Crippen molar-refractivity contribution in [3.8, 4) is 0 Å². The van der Waals surface area contributed by atoms with E-state index in [2.05, 4.69) is 22.9 Å². The van der Waals surface area contributed by atoms with E-state index in [1.165, 1.54) is 0 Å². The molecule has 94 valence electrons. The highest BCUT2D eigenvalue weighted by Gasteiger charge is 2.24. The maximum atomic E-state index is 9.72. The first-order valence-corrected chi connectivity index (χ1v) is 6.22. The average molecular weight is 235 g/mol. The molecule has 2 heterocycles. The van der Waals surface area contributed by atoms with Crippen molar-refractivity contribution in [2.75, 3.05) is 18.0 Å². The molecule has 0 saturated carbocycles. The SMILES string of the molecule is CC1CN(c2cc([C@H](C)N)ccn2)CCC1O. The van der Waals surface area contributed by atoms with Crippen LogP contribution in [0, 0.1) is 5.92 Å². The van der Waals surface area contributed by atoms with Gasteiger partial charge in [-0.15, -0.1) is 0 Å². The van der Waals surface area contributed by atoms with Gasteiger partial charge in [-0.05, 0) is 37.0 Å². The van der Waals surface area contributed by atoms with Crippen LogP contribution in [0.25, 0.3) is 0 Å². The maximum Gasteiger partial charge on any atom is 0.128 e. The van der Waals surface area contributed by atoms with Crippen molar-refractivity contribution < 1.29 is 5.11 Å². The first-order chi connectivity index (χ1) is 8.08. The van der Waals surface area contributed by atoms with Crippen LogP contribution in [0.15, 0.2) is 18.3 Å². The highest BCUT2D eigenvalue weighted by atomic mass is 16.3. The van der Waals surface area contributed by atoms with Crippen molar-refractivity contribution in [1.82, 2.24) is 4.98 Å². The average Bonchev–Trinajstić information content (AvgIpc) is 2.33. The third-order valence-electron chi connectivity index (χ3n) is 3.48. The number of aliphatic hydroxyl groups is 1. The summed E-state index contributed by atoms with van der Waals surface area (Å²) in [7, 11) is 0. The van der Waals surface area contributed by atoms with Gasteiger partial charge >= 0.3 is 0 Å². The van der Waals surface area contributed by atoms with Crippen LogP contribution in [0.5, 0.6) is 0 Å². The van der Waals surface area contributed by atoms with E-state index in [-0.39, 0.29) is 12.1 Å². The number of hydrogen-bond donors (Lipinski definition) is 2.